The number of anilines is 1. The monoisotopic (exact) mass is 292 g/mol. The molecular weight excluding hydrogens is 272 g/mol. The molecule has 1 atom stereocenters. The number of carbonyl (C=O) groups is 2. The summed E-state index contributed by atoms with van der Waals surface area (Å²) in [5.74, 6) is -1.52. The van der Waals surface area contributed by atoms with Gasteiger partial charge >= 0.3 is 11.8 Å². The maximum Gasteiger partial charge on any atom is 0.313 e. The van der Waals surface area contributed by atoms with Gasteiger partial charge in [0.25, 0.3) is 0 Å². The molecule has 2 rings (SSSR count). The number of carbonyl (C=O) groups excluding carboxylic acids is 2. The minimum absolute atomic E-state index is 0.00605. The first-order chi connectivity index (χ1) is 9.88. The Morgan fingerprint density at radius 1 is 1.24 bits per heavy atom. The van der Waals surface area contributed by atoms with Crippen LogP contribution in [0.3, 0.4) is 0 Å². The molecule has 1 saturated heterocycles. The van der Waals surface area contributed by atoms with Gasteiger partial charge in [0.1, 0.15) is 5.60 Å². The molecule has 0 spiro atoms. The molecule has 3 N–H and O–H groups in total. The third-order valence-corrected chi connectivity index (χ3v) is 3.35. The first-order valence-electron chi connectivity index (χ1n) is 6.86. The van der Waals surface area contributed by atoms with Crippen LogP contribution in [-0.4, -0.2) is 42.3 Å². The largest absolute Gasteiger partial charge is 0.386 e. The Balaban J connectivity index is 1.89. The van der Waals surface area contributed by atoms with Gasteiger partial charge in [-0.15, -0.1) is 0 Å². The van der Waals surface area contributed by atoms with Gasteiger partial charge in [-0.3, -0.25) is 9.59 Å². The predicted octanol–water partition coefficient (Wildman–Crippen LogP) is 0.510. The van der Waals surface area contributed by atoms with E-state index in [0.29, 0.717) is 18.7 Å². The van der Waals surface area contributed by atoms with Gasteiger partial charge in [-0.25, -0.2) is 0 Å². The van der Waals surface area contributed by atoms with Crippen molar-refractivity contribution in [1.82, 2.24) is 5.32 Å². The Morgan fingerprint density at radius 2 is 1.90 bits per heavy atom. The fourth-order valence-electron chi connectivity index (χ4n) is 2.30. The topological polar surface area (TPSA) is 87.7 Å². The number of nitrogens with one attached hydrogen (secondary N) is 2. The van der Waals surface area contributed by atoms with Gasteiger partial charge in [0, 0.05) is 25.3 Å². The van der Waals surface area contributed by atoms with Crippen LogP contribution in [0.1, 0.15) is 17.5 Å². The number of aliphatic hydroxyl groups is 1. The molecule has 1 heterocycles. The maximum atomic E-state index is 11.8. The lowest BCUT2D eigenvalue weighted by molar-refractivity contribution is -0.136. The molecule has 1 unspecified atom stereocenters. The molecule has 2 amide bonds. The van der Waals surface area contributed by atoms with Gasteiger partial charge in [0.15, 0.2) is 0 Å². The molecule has 1 aromatic carbocycles. The summed E-state index contributed by atoms with van der Waals surface area (Å²) in [5, 5.41) is 15.0. The molecule has 114 valence electrons. The summed E-state index contributed by atoms with van der Waals surface area (Å²) in [6.07, 6.45) is 0.450. The molecule has 0 aliphatic carbocycles. The lowest BCUT2D eigenvalue weighted by Gasteiger charge is -2.20. The normalized spacial score (nSPS) is 21.1. The summed E-state index contributed by atoms with van der Waals surface area (Å²) in [6.45, 7) is 4.47. The van der Waals surface area contributed by atoms with Crippen LogP contribution in [0.2, 0.25) is 0 Å². The van der Waals surface area contributed by atoms with Crippen LogP contribution in [0.15, 0.2) is 18.2 Å². The second-order valence-electron chi connectivity index (χ2n) is 5.54. The lowest BCUT2D eigenvalue weighted by atomic mass is 10.0. The molecule has 0 saturated carbocycles. The van der Waals surface area contributed by atoms with Crippen molar-refractivity contribution in [2.75, 3.05) is 25.1 Å². The van der Waals surface area contributed by atoms with E-state index >= 15 is 0 Å². The molecule has 0 bridgehead atoms. The quantitative estimate of drug-likeness (QED) is 0.708. The molecule has 6 heteroatoms. The summed E-state index contributed by atoms with van der Waals surface area (Å²) >= 11 is 0. The van der Waals surface area contributed by atoms with E-state index in [0.717, 1.165) is 11.1 Å². The van der Waals surface area contributed by atoms with Crippen LogP contribution in [0.5, 0.6) is 0 Å². The third kappa shape index (κ3) is 4.27. The van der Waals surface area contributed by atoms with Gasteiger partial charge in [0.2, 0.25) is 0 Å². The zero-order chi connectivity index (χ0) is 15.5. The van der Waals surface area contributed by atoms with Crippen molar-refractivity contribution in [2.24, 2.45) is 0 Å². The van der Waals surface area contributed by atoms with Crippen LogP contribution >= 0.6 is 0 Å². The Hall–Kier alpha value is -1.92. The molecule has 1 fully saturated rings. The van der Waals surface area contributed by atoms with E-state index in [-0.39, 0.29) is 13.2 Å². The second kappa shape index (κ2) is 6.24. The van der Waals surface area contributed by atoms with Crippen LogP contribution in [0, 0.1) is 13.8 Å². The van der Waals surface area contributed by atoms with Crippen molar-refractivity contribution in [3.05, 3.63) is 29.3 Å². The van der Waals surface area contributed by atoms with E-state index in [1.807, 2.05) is 19.9 Å². The minimum Gasteiger partial charge on any atom is -0.386 e. The summed E-state index contributed by atoms with van der Waals surface area (Å²) in [7, 11) is 0. The summed E-state index contributed by atoms with van der Waals surface area (Å²) in [4.78, 5) is 23.5. The number of amides is 2. The number of aryl methyl sites for hydroxylation is 2. The molecule has 1 aromatic rings. The highest BCUT2D eigenvalue weighted by atomic mass is 16.5. The predicted molar refractivity (Wildman–Crippen MR) is 77.9 cm³/mol. The number of ether oxygens (including phenoxy) is 1. The SMILES string of the molecule is Cc1cc(C)cc(NC(=O)C(=O)NCC2(O)CCOC2)c1. The van der Waals surface area contributed by atoms with E-state index in [4.69, 9.17) is 4.74 Å². The number of hydrogen-bond donors (Lipinski definition) is 3. The van der Waals surface area contributed by atoms with E-state index in [1.165, 1.54) is 0 Å². The highest BCUT2D eigenvalue weighted by molar-refractivity contribution is 6.39. The summed E-state index contributed by atoms with van der Waals surface area (Å²) in [5.41, 5.74) is 1.51. The Kier molecular flexibility index (Phi) is 4.59. The summed E-state index contributed by atoms with van der Waals surface area (Å²) < 4.78 is 5.07. The molecule has 21 heavy (non-hydrogen) atoms. The van der Waals surface area contributed by atoms with E-state index in [9.17, 15) is 14.7 Å². The van der Waals surface area contributed by atoms with Crippen molar-refractivity contribution >= 4 is 17.5 Å². The molecular formula is C15H20N2O4. The van der Waals surface area contributed by atoms with E-state index < -0.39 is 17.4 Å². The van der Waals surface area contributed by atoms with Crippen molar-refractivity contribution in [2.45, 2.75) is 25.9 Å². The van der Waals surface area contributed by atoms with Gasteiger partial charge in [-0.1, -0.05) is 6.07 Å². The highest BCUT2D eigenvalue weighted by Gasteiger charge is 2.33. The lowest BCUT2D eigenvalue weighted by Crippen LogP contribution is -2.46. The van der Waals surface area contributed by atoms with E-state index in [2.05, 4.69) is 10.6 Å². The second-order valence-corrected chi connectivity index (χ2v) is 5.54. The van der Waals surface area contributed by atoms with Crippen molar-refractivity contribution in [3.63, 3.8) is 0 Å². The van der Waals surface area contributed by atoms with Gasteiger partial charge in [-0.05, 0) is 37.1 Å². The van der Waals surface area contributed by atoms with Gasteiger partial charge in [-0.2, -0.15) is 0 Å². The molecule has 1 aliphatic rings. The summed E-state index contributed by atoms with van der Waals surface area (Å²) in [6, 6.07) is 5.55. The van der Waals surface area contributed by atoms with Crippen molar-refractivity contribution in [1.29, 1.82) is 0 Å². The Labute approximate surface area is 123 Å². The molecule has 0 radical (unpaired) electrons. The average Bonchev–Trinajstić information content (AvgIpc) is 2.82. The van der Waals surface area contributed by atoms with Crippen molar-refractivity contribution in [3.8, 4) is 0 Å². The molecule has 1 aliphatic heterocycles. The number of benzene rings is 1. The molecule has 0 aromatic heterocycles. The first kappa shape index (κ1) is 15.5. The molecule has 6 nitrogen and oxygen atoms in total. The smallest absolute Gasteiger partial charge is 0.313 e. The first-order valence-corrected chi connectivity index (χ1v) is 6.86. The van der Waals surface area contributed by atoms with Crippen LogP contribution in [-0.2, 0) is 14.3 Å². The fourth-order valence-corrected chi connectivity index (χ4v) is 2.30. The zero-order valence-electron chi connectivity index (χ0n) is 12.2. The fraction of sp³-hybridized carbons (Fsp3) is 0.467. The van der Waals surface area contributed by atoms with Gasteiger partial charge in [0.05, 0.1) is 6.61 Å². The zero-order valence-corrected chi connectivity index (χ0v) is 12.2. The average molecular weight is 292 g/mol. The number of hydrogen-bond acceptors (Lipinski definition) is 4. The minimum atomic E-state index is -1.07. The van der Waals surface area contributed by atoms with Gasteiger partial charge < -0.3 is 20.5 Å². The highest BCUT2D eigenvalue weighted by Crippen LogP contribution is 2.17. The Bertz CT molecular complexity index is 530. The van der Waals surface area contributed by atoms with E-state index in [1.54, 1.807) is 12.1 Å². The van der Waals surface area contributed by atoms with Crippen LogP contribution in [0.25, 0.3) is 0 Å². The standard InChI is InChI=1S/C15H20N2O4/c1-10-5-11(2)7-12(6-10)17-14(19)13(18)16-8-15(20)3-4-21-9-15/h5-7,20H,3-4,8-9H2,1-2H3,(H,16,18)(H,17,19). The van der Waals surface area contributed by atoms with Crippen LogP contribution < -0.4 is 10.6 Å². The maximum absolute atomic E-state index is 11.8. The van der Waals surface area contributed by atoms with Crippen LogP contribution in [0.4, 0.5) is 5.69 Å². The number of rotatable bonds is 3. The van der Waals surface area contributed by atoms with Crippen molar-refractivity contribution < 1.29 is 19.4 Å². The Morgan fingerprint density at radius 3 is 2.48 bits per heavy atom. The third-order valence-electron chi connectivity index (χ3n) is 3.35.